The summed E-state index contributed by atoms with van der Waals surface area (Å²) in [5.74, 6) is 2.46. The van der Waals surface area contributed by atoms with E-state index in [0.29, 0.717) is 11.8 Å². The molecule has 0 N–H and O–H groups in total. The Morgan fingerprint density at radius 2 is 2.13 bits per heavy atom. The molecular weight excluding hydrogens is 288 g/mol. The summed E-state index contributed by atoms with van der Waals surface area (Å²) in [6.07, 6.45) is 6.69. The minimum absolute atomic E-state index is 0.530. The molecule has 2 aromatic heterocycles. The number of nitrogens with zero attached hydrogens (tertiary/aromatic N) is 4. The largest absolute Gasteiger partial charge is 0.381 e. The standard InChI is InChI=1S/C18H26N4O/c1-21-9-3-4-15(13-21)17-20-16-5-2-8-19-18(16)22(17)12-14-6-10-23-11-7-14/h2,5,8,14-15H,3-4,6-7,9-13H2,1H3. The van der Waals surface area contributed by atoms with E-state index in [0.717, 1.165) is 50.3 Å². The molecule has 2 saturated heterocycles. The van der Waals surface area contributed by atoms with Gasteiger partial charge in [-0.3, -0.25) is 0 Å². The Hall–Kier alpha value is -1.46. The van der Waals surface area contributed by atoms with Crippen molar-refractivity contribution in [1.29, 1.82) is 0 Å². The van der Waals surface area contributed by atoms with E-state index < -0.39 is 0 Å². The number of rotatable bonds is 3. The van der Waals surface area contributed by atoms with Gasteiger partial charge >= 0.3 is 0 Å². The lowest BCUT2D eigenvalue weighted by atomic mass is 9.96. The summed E-state index contributed by atoms with van der Waals surface area (Å²) >= 11 is 0. The number of aromatic nitrogens is 3. The summed E-state index contributed by atoms with van der Waals surface area (Å²) in [6.45, 7) is 5.14. The van der Waals surface area contributed by atoms with Crippen molar-refractivity contribution in [2.75, 3.05) is 33.4 Å². The molecule has 4 heterocycles. The topological polar surface area (TPSA) is 43.2 Å². The molecule has 5 heteroatoms. The molecule has 2 aliphatic heterocycles. The van der Waals surface area contributed by atoms with Crippen LogP contribution in [0.25, 0.3) is 11.2 Å². The van der Waals surface area contributed by atoms with Crippen LogP contribution in [0.4, 0.5) is 0 Å². The zero-order valence-electron chi connectivity index (χ0n) is 13.9. The van der Waals surface area contributed by atoms with Crippen molar-refractivity contribution in [2.45, 2.75) is 38.1 Å². The number of piperidine rings is 1. The van der Waals surface area contributed by atoms with Gasteiger partial charge in [-0.05, 0) is 57.3 Å². The molecule has 1 atom stereocenters. The van der Waals surface area contributed by atoms with Gasteiger partial charge in [0.1, 0.15) is 11.3 Å². The molecule has 0 amide bonds. The molecule has 2 aromatic rings. The van der Waals surface area contributed by atoms with Gasteiger partial charge in [-0.15, -0.1) is 0 Å². The summed E-state index contributed by atoms with van der Waals surface area (Å²) in [5.41, 5.74) is 2.10. The molecule has 124 valence electrons. The fourth-order valence-electron chi connectivity index (χ4n) is 4.03. The molecule has 0 aliphatic carbocycles. The van der Waals surface area contributed by atoms with E-state index >= 15 is 0 Å². The predicted molar refractivity (Wildman–Crippen MR) is 90.5 cm³/mol. The molecule has 0 spiro atoms. The zero-order chi connectivity index (χ0) is 15.6. The second kappa shape index (κ2) is 6.57. The highest BCUT2D eigenvalue weighted by molar-refractivity contribution is 5.71. The Morgan fingerprint density at radius 1 is 1.26 bits per heavy atom. The number of pyridine rings is 1. The van der Waals surface area contributed by atoms with Gasteiger partial charge in [0.25, 0.3) is 0 Å². The highest BCUT2D eigenvalue weighted by Gasteiger charge is 2.26. The molecule has 1 unspecified atom stereocenters. The number of likely N-dealkylation sites (N-methyl/N-ethyl adjacent to an activating group) is 1. The van der Waals surface area contributed by atoms with E-state index in [1.807, 2.05) is 12.3 Å². The van der Waals surface area contributed by atoms with Gasteiger partial charge in [0.2, 0.25) is 0 Å². The first-order chi connectivity index (χ1) is 11.3. The van der Waals surface area contributed by atoms with Gasteiger partial charge in [-0.1, -0.05) is 0 Å². The van der Waals surface area contributed by atoms with Crippen LogP contribution in [0.2, 0.25) is 0 Å². The maximum absolute atomic E-state index is 5.52. The Kier molecular flexibility index (Phi) is 4.31. The number of likely N-dealkylation sites (tertiary alicyclic amines) is 1. The monoisotopic (exact) mass is 314 g/mol. The van der Waals surface area contributed by atoms with E-state index in [9.17, 15) is 0 Å². The second-order valence-corrected chi connectivity index (χ2v) is 7.08. The van der Waals surface area contributed by atoms with Crippen LogP contribution < -0.4 is 0 Å². The number of fused-ring (bicyclic) bond motifs is 1. The second-order valence-electron chi connectivity index (χ2n) is 7.08. The van der Waals surface area contributed by atoms with Crippen LogP contribution in [-0.4, -0.2) is 52.8 Å². The minimum Gasteiger partial charge on any atom is -0.381 e. The first-order valence-electron chi connectivity index (χ1n) is 8.88. The van der Waals surface area contributed by atoms with Gasteiger partial charge < -0.3 is 14.2 Å². The van der Waals surface area contributed by atoms with Crippen LogP contribution in [0.15, 0.2) is 18.3 Å². The predicted octanol–water partition coefficient (Wildman–Crippen LogP) is 2.67. The normalized spacial score (nSPS) is 24.3. The third kappa shape index (κ3) is 3.12. The zero-order valence-corrected chi connectivity index (χ0v) is 13.9. The third-order valence-corrected chi connectivity index (χ3v) is 5.30. The quantitative estimate of drug-likeness (QED) is 0.873. The fourth-order valence-corrected chi connectivity index (χ4v) is 4.03. The summed E-state index contributed by atoms with van der Waals surface area (Å²) < 4.78 is 7.93. The molecule has 0 saturated carbocycles. The molecule has 4 rings (SSSR count). The summed E-state index contributed by atoms with van der Waals surface area (Å²) in [5, 5.41) is 0. The molecule has 23 heavy (non-hydrogen) atoms. The lowest BCUT2D eigenvalue weighted by molar-refractivity contribution is 0.0610. The lowest BCUT2D eigenvalue weighted by Gasteiger charge is -2.30. The molecule has 0 radical (unpaired) electrons. The van der Waals surface area contributed by atoms with Crippen LogP contribution in [0, 0.1) is 5.92 Å². The third-order valence-electron chi connectivity index (χ3n) is 5.30. The van der Waals surface area contributed by atoms with E-state index in [1.54, 1.807) is 0 Å². The first-order valence-corrected chi connectivity index (χ1v) is 8.88. The van der Waals surface area contributed by atoms with Crippen molar-refractivity contribution in [3.05, 3.63) is 24.2 Å². The van der Waals surface area contributed by atoms with E-state index in [-0.39, 0.29) is 0 Å². The van der Waals surface area contributed by atoms with Gasteiger partial charge in [-0.2, -0.15) is 0 Å². The average molecular weight is 314 g/mol. The van der Waals surface area contributed by atoms with Gasteiger partial charge in [0, 0.05) is 38.4 Å². The Morgan fingerprint density at radius 3 is 2.96 bits per heavy atom. The SMILES string of the molecule is CN1CCCC(c2nc3cccnc3n2CC2CCOCC2)C1. The molecular formula is C18H26N4O. The minimum atomic E-state index is 0.530. The Bertz CT molecular complexity index is 662. The fraction of sp³-hybridized carbons (Fsp3) is 0.667. The number of ether oxygens (including phenoxy) is 1. The highest BCUT2D eigenvalue weighted by atomic mass is 16.5. The van der Waals surface area contributed by atoms with Crippen LogP contribution in [-0.2, 0) is 11.3 Å². The number of imidazole rings is 1. The van der Waals surface area contributed by atoms with Crippen LogP contribution in [0.1, 0.15) is 37.4 Å². The van der Waals surface area contributed by atoms with Crippen molar-refractivity contribution in [3.63, 3.8) is 0 Å². The van der Waals surface area contributed by atoms with Crippen molar-refractivity contribution >= 4 is 11.2 Å². The molecule has 2 aliphatic rings. The van der Waals surface area contributed by atoms with E-state index in [2.05, 4.69) is 27.6 Å². The summed E-state index contributed by atoms with van der Waals surface area (Å²) in [4.78, 5) is 12.0. The summed E-state index contributed by atoms with van der Waals surface area (Å²) in [6, 6.07) is 4.09. The smallest absolute Gasteiger partial charge is 0.160 e. The number of hydrogen-bond acceptors (Lipinski definition) is 4. The Balaban J connectivity index is 1.68. The van der Waals surface area contributed by atoms with Crippen molar-refractivity contribution in [1.82, 2.24) is 19.4 Å². The highest BCUT2D eigenvalue weighted by Crippen LogP contribution is 2.30. The maximum Gasteiger partial charge on any atom is 0.160 e. The molecule has 0 aromatic carbocycles. The first kappa shape index (κ1) is 15.1. The van der Waals surface area contributed by atoms with Crippen molar-refractivity contribution in [2.24, 2.45) is 5.92 Å². The lowest BCUT2D eigenvalue weighted by Crippen LogP contribution is -2.32. The van der Waals surface area contributed by atoms with E-state index in [1.165, 1.54) is 25.2 Å². The molecule has 0 bridgehead atoms. The van der Waals surface area contributed by atoms with Crippen molar-refractivity contribution in [3.8, 4) is 0 Å². The average Bonchev–Trinajstić information content (AvgIpc) is 2.95. The van der Waals surface area contributed by atoms with Crippen LogP contribution in [0.3, 0.4) is 0 Å². The van der Waals surface area contributed by atoms with Gasteiger partial charge in [0.15, 0.2) is 5.65 Å². The summed E-state index contributed by atoms with van der Waals surface area (Å²) in [7, 11) is 2.22. The van der Waals surface area contributed by atoms with E-state index in [4.69, 9.17) is 9.72 Å². The van der Waals surface area contributed by atoms with Gasteiger partial charge in [-0.25, -0.2) is 9.97 Å². The van der Waals surface area contributed by atoms with Gasteiger partial charge in [0.05, 0.1) is 0 Å². The number of hydrogen-bond donors (Lipinski definition) is 0. The van der Waals surface area contributed by atoms with Crippen LogP contribution >= 0.6 is 0 Å². The molecule has 2 fully saturated rings. The van der Waals surface area contributed by atoms with Crippen molar-refractivity contribution < 1.29 is 4.74 Å². The van der Waals surface area contributed by atoms with Crippen LogP contribution in [0.5, 0.6) is 0 Å². The Labute approximate surface area is 137 Å². The molecule has 5 nitrogen and oxygen atoms in total. The maximum atomic E-state index is 5.52.